The quantitative estimate of drug-likeness (QED) is 0.387. The minimum atomic E-state index is -0.756. The third kappa shape index (κ3) is 1.32. The van der Waals surface area contributed by atoms with Gasteiger partial charge in [0.05, 0.1) is 5.56 Å². The lowest BCUT2D eigenvalue weighted by atomic mass is 10.1. The number of aryl methyl sites for hydroxylation is 1. The van der Waals surface area contributed by atoms with Crippen molar-refractivity contribution < 1.29 is 19.1 Å². The fourth-order valence-electron chi connectivity index (χ4n) is 1.46. The highest BCUT2D eigenvalue weighted by Crippen LogP contribution is 2.21. The van der Waals surface area contributed by atoms with E-state index < -0.39 is 11.9 Å². The van der Waals surface area contributed by atoms with Crippen molar-refractivity contribution in [1.29, 1.82) is 0 Å². The van der Waals surface area contributed by atoms with E-state index in [1.54, 1.807) is 6.92 Å². The predicted molar refractivity (Wildman–Crippen MR) is 48.7 cm³/mol. The molecular weight excluding hydrogens is 198 g/mol. The van der Waals surface area contributed by atoms with Crippen LogP contribution < -0.4 is 0 Å². The summed E-state index contributed by atoms with van der Waals surface area (Å²) in [6.45, 7) is 2.98. The van der Waals surface area contributed by atoms with E-state index in [1.807, 2.05) is 0 Å². The molecule has 0 aromatic carbocycles. The van der Waals surface area contributed by atoms with E-state index in [0.29, 0.717) is 11.3 Å². The van der Waals surface area contributed by atoms with E-state index in [9.17, 15) is 14.4 Å². The van der Waals surface area contributed by atoms with Gasteiger partial charge in [-0.05, 0) is 19.9 Å². The number of esters is 2. The molecule has 0 amide bonds. The van der Waals surface area contributed by atoms with Crippen LogP contribution >= 0.6 is 0 Å². The first-order valence-corrected chi connectivity index (χ1v) is 4.30. The Labute approximate surface area is 85.1 Å². The molecule has 76 valence electrons. The lowest BCUT2D eigenvalue weighted by Gasteiger charge is -2.01. The third-order valence-electron chi connectivity index (χ3n) is 2.19. The molecule has 1 aromatic rings. The smallest absolute Gasteiger partial charge is 0.365 e. The van der Waals surface area contributed by atoms with Gasteiger partial charge >= 0.3 is 11.9 Å². The molecule has 0 aliphatic carbocycles. The summed E-state index contributed by atoms with van der Waals surface area (Å²) in [5, 5.41) is 0. The van der Waals surface area contributed by atoms with Crippen LogP contribution in [-0.4, -0.2) is 22.7 Å². The molecule has 0 unspecified atom stereocenters. The maximum Gasteiger partial charge on any atom is 0.365 e. The highest BCUT2D eigenvalue weighted by Gasteiger charge is 2.32. The van der Waals surface area contributed by atoms with Crippen molar-refractivity contribution in [2.75, 3.05) is 0 Å². The number of nitrogens with zero attached hydrogens (tertiary/aromatic N) is 1. The minimum absolute atomic E-state index is 0.0116. The fourth-order valence-corrected chi connectivity index (χ4v) is 1.46. The van der Waals surface area contributed by atoms with Gasteiger partial charge in [-0.1, -0.05) is 0 Å². The number of fused-ring (bicyclic) bond motifs is 1. The average molecular weight is 205 g/mol. The molecule has 0 atom stereocenters. The lowest BCUT2D eigenvalue weighted by Crippen LogP contribution is -2.05. The zero-order valence-corrected chi connectivity index (χ0v) is 8.16. The van der Waals surface area contributed by atoms with Crippen molar-refractivity contribution in [3.63, 3.8) is 0 Å². The third-order valence-corrected chi connectivity index (χ3v) is 2.19. The molecule has 0 radical (unpaired) electrons. The van der Waals surface area contributed by atoms with Gasteiger partial charge in [-0.15, -0.1) is 0 Å². The number of pyridine rings is 1. The summed E-state index contributed by atoms with van der Waals surface area (Å²) in [6, 6.07) is 1.35. The van der Waals surface area contributed by atoms with Gasteiger partial charge < -0.3 is 4.74 Å². The molecule has 0 spiro atoms. The first-order valence-electron chi connectivity index (χ1n) is 4.30. The van der Waals surface area contributed by atoms with E-state index in [-0.39, 0.29) is 17.0 Å². The maximum atomic E-state index is 11.2. The highest BCUT2D eigenvalue weighted by atomic mass is 16.6. The Morgan fingerprint density at radius 2 is 2.00 bits per heavy atom. The van der Waals surface area contributed by atoms with Gasteiger partial charge in [-0.3, -0.25) is 4.79 Å². The molecule has 0 saturated heterocycles. The summed E-state index contributed by atoms with van der Waals surface area (Å²) < 4.78 is 4.37. The summed E-state index contributed by atoms with van der Waals surface area (Å²) in [6.07, 6.45) is 0. The number of ether oxygens (including phenoxy) is 1. The molecule has 0 N–H and O–H groups in total. The predicted octanol–water partition coefficient (Wildman–Crippen LogP) is 0.903. The van der Waals surface area contributed by atoms with Gasteiger partial charge in [0.25, 0.3) is 0 Å². The Morgan fingerprint density at radius 3 is 2.60 bits per heavy atom. The van der Waals surface area contributed by atoms with Gasteiger partial charge in [0.15, 0.2) is 11.5 Å². The average Bonchev–Trinajstić information content (AvgIpc) is 2.41. The second-order valence-corrected chi connectivity index (χ2v) is 3.25. The highest BCUT2D eigenvalue weighted by molar-refractivity contribution is 6.14. The first kappa shape index (κ1) is 9.51. The van der Waals surface area contributed by atoms with E-state index in [0.717, 1.165) is 0 Å². The second kappa shape index (κ2) is 2.98. The van der Waals surface area contributed by atoms with Crippen molar-refractivity contribution in [1.82, 2.24) is 4.98 Å². The Balaban J connectivity index is 2.70. The van der Waals surface area contributed by atoms with E-state index in [1.165, 1.54) is 13.0 Å². The molecule has 15 heavy (non-hydrogen) atoms. The first-order chi connectivity index (χ1) is 7.00. The molecule has 0 saturated carbocycles. The molecule has 5 nitrogen and oxygen atoms in total. The number of Topliss-reactive ketones (excluding diaryl/α,β-unsaturated/α-hetero) is 1. The topological polar surface area (TPSA) is 73.3 Å². The molecular formula is C10H7NO4. The molecule has 1 aliphatic rings. The number of cyclic esters (lactones) is 2. The van der Waals surface area contributed by atoms with Crippen LogP contribution in [0.15, 0.2) is 6.07 Å². The molecule has 1 aromatic heterocycles. The van der Waals surface area contributed by atoms with Crippen molar-refractivity contribution in [3.8, 4) is 0 Å². The Kier molecular flexibility index (Phi) is 1.89. The minimum Gasteiger partial charge on any atom is -0.384 e. The van der Waals surface area contributed by atoms with Gasteiger partial charge in [-0.25, -0.2) is 14.6 Å². The summed E-state index contributed by atoms with van der Waals surface area (Å²) in [5.74, 6) is -1.70. The molecule has 1 aliphatic heterocycles. The summed E-state index contributed by atoms with van der Waals surface area (Å²) in [7, 11) is 0. The van der Waals surface area contributed by atoms with Crippen molar-refractivity contribution in [2.24, 2.45) is 0 Å². The number of hydrogen-bond acceptors (Lipinski definition) is 5. The van der Waals surface area contributed by atoms with Crippen LogP contribution in [0.5, 0.6) is 0 Å². The number of hydrogen-bond donors (Lipinski definition) is 0. The number of carbonyl (C=O) groups excluding carboxylic acids is 3. The van der Waals surface area contributed by atoms with Crippen LogP contribution in [0.2, 0.25) is 0 Å². The Bertz CT molecular complexity index is 504. The molecule has 2 heterocycles. The standard InChI is InChI=1S/C10H7NO4/c1-4-6(5(2)12)3-7-8(11-4)10(14)15-9(7)13/h3H,1-2H3. The van der Waals surface area contributed by atoms with Gasteiger partial charge in [-0.2, -0.15) is 0 Å². The van der Waals surface area contributed by atoms with Crippen LogP contribution in [0, 0.1) is 6.92 Å². The largest absolute Gasteiger partial charge is 0.384 e. The lowest BCUT2D eigenvalue weighted by molar-refractivity contribution is 0.0441. The number of aromatic nitrogens is 1. The van der Waals surface area contributed by atoms with Crippen molar-refractivity contribution in [3.05, 3.63) is 28.6 Å². The SMILES string of the molecule is CC(=O)c1cc2c(nc1C)C(=O)OC2=O. The van der Waals surface area contributed by atoms with Crippen LogP contribution in [0.4, 0.5) is 0 Å². The second-order valence-electron chi connectivity index (χ2n) is 3.25. The zero-order chi connectivity index (χ0) is 11.2. The number of ketones is 1. The van der Waals surface area contributed by atoms with Gasteiger partial charge in [0, 0.05) is 11.3 Å². The van der Waals surface area contributed by atoms with Crippen molar-refractivity contribution in [2.45, 2.75) is 13.8 Å². The fraction of sp³-hybridized carbons (Fsp3) is 0.200. The monoisotopic (exact) mass is 205 g/mol. The molecule has 5 heteroatoms. The maximum absolute atomic E-state index is 11.2. The van der Waals surface area contributed by atoms with Gasteiger partial charge in [0.1, 0.15) is 0 Å². The van der Waals surface area contributed by atoms with E-state index in [4.69, 9.17) is 0 Å². The normalized spacial score (nSPS) is 13.7. The van der Waals surface area contributed by atoms with Gasteiger partial charge in [0.2, 0.25) is 0 Å². The molecule has 2 rings (SSSR count). The van der Waals surface area contributed by atoms with E-state index in [2.05, 4.69) is 9.72 Å². The zero-order valence-electron chi connectivity index (χ0n) is 8.16. The van der Waals surface area contributed by atoms with Crippen LogP contribution in [-0.2, 0) is 4.74 Å². The van der Waals surface area contributed by atoms with Crippen molar-refractivity contribution >= 4 is 17.7 Å². The summed E-state index contributed by atoms with van der Waals surface area (Å²) in [5.41, 5.74) is 0.812. The Hall–Kier alpha value is -2.04. The van der Waals surface area contributed by atoms with Crippen LogP contribution in [0.1, 0.15) is 43.8 Å². The summed E-state index contributed by atoms with van der Waals surface area (Å²) >= 11 is 0. The molecule has 0 fully saturated rings. The Morgan fingerprint density at radius 1 is 1.33 bits per heavy atom. The van der Waals surface area contributed by atoms with Crippen LogP contribution in [0.3, 0.4) is 0 Å². The summed E-state index contributed by atoms with van der Waals surface area (Å²) in [4.78, 5) is 37.4. The number of rotatable bonds is 1. The molecule has 0 bridgehead atoms. The van der Waals surface area contributed by atoms with E-state index >= 15 is 0 Å². The van der Waals surface area contributed by atoms with Crippen LogP contribution in [0.25, 0.3) is 0 Å². The number of carbonyl (C=O) groups is 3.